The van der Waals surface area contributed by atoms with E-state index in [9.17, 15) is 9.59 Å². The first kappa shape index (κ1) is 20.1. The number of rotatable bonds is 8. The third-order valence-electron chi connectivity index (χ3n) is 4.41. The number of benzene rings is 2. The molecule has 0 saturated heterocycles. The highest BCUT2D eigenvalue weighted by Gasteiger charge is 2.12. The molecule has 1 aromatic heterocycles. The summed E-state index contributed by atoms with van der Waals surface area (Å²) in [5, 5.41) is 5.52. The summed E-state index contributed by atoms with van der Waals surface area (Å²) in [7, 11) is 0. The number of carbonyl (C=O) groups excluding carboxylic acids is 2. The van der Waals surface area contributed by atoms with Crippen molar-refractivity contribution in [3.05, 3.63) is 78.4 Å². The lowest BCUT2D eigenvalue weighted by molar-refractivity contribution is -0.120. The molecule has 2 N–H and O–H groups in total. The number of hydrogen-bond donors (Lipinski definition) is 2. The molecule has 1 atom stereocenters. The standard InChI is InChI=1S/C22H24N4O3/c1-3-29-20-10-6-18(7-11-20)22(28)24-14-21(27)25-16(2)17-4-8-19(9-5-17)26-13-12-23-15-26/h4-13,15-16H,3,14H2,1-2H3,(H,24,28)(H,25,27). The Kier molecular flexibility index (Phi) is 6.63. The number of aromatic nitrogens is 2. The molecule has 0 saturated carbocycles. The molecule has 0 aliphatic heterocycles. The van der Waals surface area contributed by atoms with Crippen LogP contribution >= 0.6 is 0 Å². The normalized spacial score (nSPS) is 11.5. The van der Waals surface area contributed by atoms with Crippen molar-refractivity contribution in [1.29, 1.82) is 0 Å². The van der Waals surface area contributed by atoms with Crippen LogP contribution in [0.4, 0.5) is 0 Å². The van der Waals surface area contributed by atoms with E-state index in [1.54, 1.807) is 36.8 Å². The molecule has 2 aromatic carbocycles. The van der Waals surface area contributed by atoms with Gasteiger partial charge in [0.25, 0.3) is 5.91 Å². The molecule has 3 rings (SSSR count). The monoisotopic (exact) mass is 392 g/mol. The van der Waals surface area contributed by atoms with Crippen molar-refractivity contribution in [3.63, 3.8) is 0 Å². The van der Waals surface area contributed by atoms with Crippen LogP contribution in [0.5, 0.6) is 5.75 Å². The second-order valence-corrected chi connectivity index (χ2v) is 6.49. The van der Waals surface area contributed by atoms with Crippen molar-refractivity contribution in [2.45, 2.75) is 19.9 Å². The van der Waals surface area contributed by atoms with E-state index in [1.807, 2.05) is 48.9 Å². The molecule has 2 amide bonds. The zero-order chi connectivity index (χ0) is 20.6. The maximum Gasteiger partial charge on any atom is 0.251 e. The summed E-state index contributed by atoms with van der Waals surface area (Å²) in [6.45, 7) is 4.27. The second-order valence-electron chi connectivity index (χ2n) is 6.49. The van der Waals surface area contributed by atoms with Gasteiger partial charge in [0.15, 0.2) is 0 Å². The van der Waals surface area contributed by atoms with Crippen LogP contribution in [0.25, 0.3) is 5.69 Å². The summed E-state index contributed by atoms with van der Waals surface area (Å²) in [6, 6.07) is 14.5. The Bertz CT molecular complexity index is 935. The second kappa shape index (κ2) is 9.54. The van der Waals surface area contributed by atoms with Crippen LogP contribution in [0, 0.1) is 0 Å². The van der Waals surface area contributed by atoms with Crippen LogP contribution in [-0.4, -0.2) is 34.5 Å². The summed E-state index contributed by atoms with van der Waals surface area (Å²) < 4.78 is 7.26. The van der Waals surface area contributed by atoms with Gasteiger partial charge in [0.2, 0.25) is 5.91 Å². The zero-order valence-electron chi connectivity index (χ0n) is 16.5. The number of imidazole rings is 1. The lowest BCUT2D eigenvalue weighted by Crippen LogP contribution is -2.38. The summed E-state index contributed by atoms with van der Waals surface area (Å²) >= 11 is 0. The van der Waals surface area contributed by atoms with Crippen molar-refractivity contribution in [3.8, 4) is 11.4 Å². The molecule has 7 nitrogen and oxygen atoms in total. The van der Waals surface area contributed by atoms with Crippen molar-refractivity contribution < 1.29 is 14.3 Å². The molecule has 0 spiro atoms. The Morgan fingerprint density at radius 1 is 1.10 bits per heavy atom. The minimum atomic E-state index is -0.305. The molecule has 7 heteroatoms. The lowest BCUT2D eigenvalue weighted by atomic mass is 10.1. The van der Waals surface area contributed by atoms with Crippen LogP contribution in [0.3, 0.4) is 0 Å². The summed E-state index contributed by atoms with van der Waals surface area (Å²) in [5.74, 6) is 0.144. The summed E-state index contributed by atoms with van der Waals surface area (Å²) in [5.41, 5.74) is 2.44. The van der Waals surface area contributed by atoms with Gasteiger partial charge in [0.05, 0.1) is 25.5 Å². The van der Waals surface area contributed by atoms with Crippen molar-refractivity contribution in [1.82, 2.24) is 20.2 Å². The third-order valence-corrected chi connectivity index (χ3v) is 4.41. The Hall–Kier alpha value is -3.61. The Morgan fingerprint density at radius 2 is 1.83 bits per heavy atom. The number of amides is 2. The topological polar surface area (TPSA) is 85.2 Å². The van der Waals surface area contributed by atoms with Crippen molar-refractivity contribution in [2.75, 3.05) is 13.2 Å². The predicted molar refractivity (Wildman–Crippen MR) is 110 cm³/mol. The van der Waals surface area contributed by atoms with E-state index in [2.05, 4.69) is 15.6 Å². The summed E-state index contributed by atoms with van der Waals surface area (Å²) in [4.78, 5) is 28.4. The summed E-state index contributed by atoms with van der Waals surface area (Å²) in [6.07, 6.45) is 5.32. The number of hydrogen-bond acceptors (Lipinski definition) is 4. The molecule has 0 radical (unpaired) electrons. The minimum absolute atomic E-state index is 0.0937. The first-order valence-corrected chi connectivity index (χ1v) is 9.45. The molecule has 3 aromatic rings. The quantitative estimate of drug-likeness (QED) is 0.617. The van der Waals surface area contributed by atoms with Crippen LogP contribution in [0.2, 0.25) is 0 Å². The smallest absolute Gasteiger partial charge is 0.251 e. The van der Waals surface area contributed by atoms with Crippen molar-refractivity contribution >= 4 is 11.8 Å². The van der Waals surface area contributed by atoms with Gasteiger partial charge in [-0.3, -0.25) is 9.59 Å². The minimum Gasteiger partial charge on any atom is -0.494 e. The molecular weight excluding hydrogens is 368 g/mol. The fourth-order valence-electron chi connectivity index (χ4n) is 2.85. The van der Waals surface area contributed by atoms with Crippen LogP contribution in [0.1, 0.15) is 35.8 Å². The number of nitrogens with one attached hydrogen (secondary N) is 2. The van der Waals surface area contributed by atoms with Gasteiger partial charge in [-0.05, 0) is 55.8 Å². The number of nitrogens with zero attached hydrogens (tertiary/aromatic N) is 2. The Balaban J connectivity index is 1.49. The van der Waals surface area contributed by atoms with E-state index in [-0.39, 0.29) is 24.4 Å². The van der Waals surface area contributed by atoms with Gasteiger partial charge in [-0.1, -0.05) is 12.1 Å². The maximum absolute atomic E-state index is 12.2. The van der Waals surface area contributed by atoms with E-state index in [0.717, 1.165) is 11.3 Å². The van der Waals surface area contributed by atoms with Gasteiger partial charge in [0, 0.05) is 23.6 Å². The first-order valence-electron chi connectivity index (χ1n) is 9.45. The van der Waals surface area contributed by atoms with Crippen LogP contribution < -0.4 is 15.4 Å². The predicted octanol–water partition coefficient (Wildman–Crippen LogP) is 2.88. The van der Waals surface area contributed by atoms with E-state index in [0.29, 0.717) is 17.9 Å². The molecule has 150 valence electrons. The van der Waals surface area contributed by atoms with E-state index < -0.39 is 0 Å². The fourth-order valence-corrected chi connectivity index (χ4v) is 2.85. The molecular formula is C22H24N4O3. The SMILES string of the molecule is CCOc1ccc(C(=O)NCC(=O)NC(C)c2ccc(-n3ccnc3)cc2)cc1. The fraction of sp³-hybridized carbons (Fsp3) is 0.227. The van der Waals surface area contributed by atoms with E-state index in [4.69, 9.17) is 4.74 Å². The van der Waals surface area contributed by atoms with Gasteiger partial charge in [-0.25, -0.2) is 4.98 Å². The number of carbonyl (C=O) groups is 2. The molecule has 29 heavy (non-hydrogen) atoms. The van der Waals surface area contributed by atoms with Crippen molar-refractivity contribution in [2.24, 2.45) is 0 Å². The molecule has 0 bridgehead atoms. The highest BCUT2D eigenvalue weighted by Crippen LogP contribution is 2.15. The maximum atomic E-state index is 12.2. The van der Waals surface area contributed by atoms with E-state index in [1.165, 1.54) is 0 Å². The highest BCUT2D eigenvalue weighted by molar-refractivity contribution is 5.96. The van der Waals surface area contributed by atoms with Gasteiger partial charge >= 0.3 is 0 Å². The van der Waals surface area contributed by atoms with Gasteiger partial charge in [-0.2, -0.15) is 0 Å². The molecule has 1 heterocycles. The molecule has 1 unspecified atom stereocenters. The molecule has 0 fully saturated rings. The number of ether oxygens (including phenoxy) is 1. The Labute approximate surface area is 169 Å². The lowest BCUT2D eigenvalue weighted by Gasteiger charge is -2.15. The third kappa shape index (κ3) is 5.44. The highest BCUT2D eigenvalue weighted by atomic mass is 16.5. The average Bonchev–Trinajstić information content (AvgIpc) is 3.28. The zero-order valence-corrected chi connectivity index (χ0v) is 16.5. The van der Waals surface area contributed by atoms with Crippen LogP contribution in [0.15, 0.2) is 67.3 Å². The average molecular weight is 392 g/mol. The molecule has 0 aliphatic carbocycles. The van der Waals surface area contributed by atoms with E-state index >= 15 is 0 Å². The van der Waals surface area contributed by atoms with Gasteiger partial charge in [-0.15, -0.1) is 0 Å². The van der Waals surface area contributed by atoms with Gasteiger partial charge in [0.1, 0.15) is 5.75 Å². The molecule has 0 aliphatic rings. The first-order chi connectivity index (χ1) is 14.1. The largest absolute Gasteiger partial charge is 0.494 e. The van der Waals surface area contributed by atoms with Crippen LogP contribution in [-0.2, 0) is 4.79 Å². The van der Waals surface area contributed by atoms with Gasteiger partial charge < -0.3 is 19.9 Å². The Morgan fingerprint density at radius 3 is 2.45 bits per heavy atom.